The third-order valence-corrected chi connectivity index (χ3v) is 8.10. The topological polar surface area (TPSA) is 64.6 Å². The van der Waals surface area contributed by atoms with Crippen LogP contribution in [0, 0.1) is 0 Å². The van der Waals surface area contributed by atoms with Gasteiger partial charge >= 0.3 is 6.09 Å². The predicted molar refractivity (Wildman–Crippen MR) is 87.0 cm³/mol. The fourth-order valence-corrected chi connectivity index (χ4v) is 2.35. The van der Waals surface area contributed by atoms with Crippen LogP contribution < -0.4 is 5.32 Å². The number of hydrogen-bond donors (Lipinski definition) is 1. The molecule has 0 saturated carbocycles. The molecule has 0 fully saturated rings. The average Bonchev–Trinajstić information content (AvgIpc) is 2.23. The van der Waals surface area contributed by atoms with Crippen molar-refractivity contribution in [1.82, 2.24) is 5.32 Å². The second-order valence-corrected chi connectivity index (χ2v) is 12.6. The standard InChI is InChI=1S/C15H31NO4Si/c1-14(2,3)20-13(18)16-12(11-17)9-10-19-21(7,8)15(4,5)6/h11-12H,9-10H2,1-8H3,(H,16,18). The fraction of sp³-hybridized carbons (Fsp3) is 0.867. The Balaban J connectivity index is 4.30. The van der Waals surface area contributed by atoms with Crippen LogP contribution in [-0.4, -0.2) is 38.9 Å². The summed E-state index contributed by atoms with van der Waals surface area (Å²) < 4.78 is 11.1. The van der Waals surface area contributed by atoms with Crippen LogP contribution in [0.15, 0.2) is 0 Å². The SMILES string of the molecule is CC(C)(C)OC(=O)NC(C=O)CCO[Si](C)(C)C(C)(C)C. The van der Waals surface area contributed by atoms with E-state index in [0.29, 0.717) is 13.0 Å². The van der Waals surface area contributed by atoms with Gasteiger partial charge in [-0.2, -0.15) is 0 Å². The number of amides is 1. The number of aldehydes is 1. The number of carbonyl (C=O) groups is 2. The first-order chi connectivity index (χ1) is 9.28. The van der Waals surface area contributed by atoms with Gasteiger partial charge in [-0.1, -0.05) is 20.8 Å². The summed E-state index contributed by atoms with van der Waals surface area (Å²) >= 11 is 0. The van der Waals surface area contributed by atoms with Gasteiger partial charge in [-0.3, -0.25) is 0 Å². The van der Waals surface area contributed by atoms with Gasteiger partial charge in [0.2, 0.25) is 0 Å². The van der Waals surface area contributed by atoms with E-state index in [1.165, 1.54) is 0 Å². The van der Waals surface area contributed by atoms with E-state index < -0.39 is 26.1 Å². The van der Waals surface area contributed by atoms with E-state index in [9.17, 15) is 9.59 Å². The van der Waals surface area contributed by atoms with Crippen LogP contribution in [0.4, 0.5) is 4.79 Å². The van der Waals surface area contributed by atoms with Crippen molar-refractivity contribution in [3.63, 3.8) is 0 Å². The Morgan fingerprint density at radius 1 is 1.19 bits per heavy atom. The Hall–Kier alpha value is -0.883. The van der Waals surface area contributed by atoms with Gasteiger partial charge in [0, 0.05) is 6.61 Å². The van der Waals surface area contributed by atoms with Crippen molar-refractivity contribution in [2.75, 3.05) is 6.61 Å². The summed E-state index contributed by atoms with van der Waals surface area (Å²) in [6, 6.07) is -0.579. The quantitative estimate of drug-likeness (QED) is 0.601. The first-order valence-corrected chi connectivity index (χ1v) is 10.3. The molecule has 1 N–H and O–H groups in total. The molecular formula is C15H31NO4Si. The summed E-state index contributed by atoms with van der Waals surface area (Å²) in [6.45, 7) is 16.6. The third-order valence-electron chi connectivity index (χ3n) is 3.56. The minimum absolute atomic E-state index is 0.127. The second kappa shape index (κ2) is 7.40. The zero-order valence-electron chi connectivity index (χ0n) is 14.7. The van der Waals surface area contributed by atoms with Gasteiger partial charge in [0.1, 0.15) is 11.9 Å². The number of nitrogens with one attached hydrogen (secondary N) is 1. The molecule has 0 spiro atoms. The molecule has 1 unspecified atom stereocenters. The fourth-order valence-electron chi connectivity index (χ4n) is 1.29. The molecule has 1 amide bonds. The molecule has 124 valence electrons. The molecule has 0 aliphatic heterocycles. The largest absolute Gasteiger partial charge is 0.444 e. The lowest BCUT2D eigenvalue weighted by Gasteiger charge is -2.36. The Kier molecular flexibility index (Phi) is 7.09. The Labute approximate surface area is 129 Å². The van der Waals surface area contributed by atoms with E-state index in [4.69, 9.17) is 9.16 Å². The highest BCUT2D eigenvalue weighted by Crippen LogP contribution is 2.36. The molecule has 1 atom stereocenters. The van der Waals surface area contributed by atoms with Crippen molar-refractivity contribution in [2.45, 2.75) is 77.7 Å². The average molecular weight is 318 g/mol. The van der Waals surface area contributed by atoms with Crippen LogP contribution in [0.3, 0.4) is 0 Å². The molecule has 0 aliphatic carbocycles. The van der Waals surface area contributed by atoms with Crippen LogP contribution in [-0.2, 0) is 14.0 Å². The van der Waals surface area contributed by atoms with Gasteiger partial charge < -0.3 is 19.3 Å². The Bertz CT molecular complexity index is 356. The molecule has 0 aromatic heterocycles. The van der Waals surface area contributed by atoms with Gasteiger partial charge in [0.15, 0.2) is 8.32 Å². The monoisotopic (exact) mass is 317 g/mol. The maximum absolute atomic E-state index is 11.6. The van der Waals surface area contributed by atoms with Gasteiger partial charge in [-0.05, 0) is 45.3 Å². The van der Waals surface area contributed by atoms with Crippen LogP contribution in [0.1, 0.15) is 48.0 Å². The second-order valence-electron chi connectivity index (χ2n) is 7.79. The van der Waals surface area contributed by atoms with Gasteiger partial charge in [-0.25, -0.2) is 4.79 Å². The summed E-state index contributed by atoms with van der Waals surface area (Å²) in [5.41, 5.74) is -0.574. The molecule has 0 aromatic carbocycles. The lowest BCUT2D eigenvalue weighted by molar-refractivity contribution is -0.109. The van der Waals surface area contributed by atoms with E-state index in [0.717, 1.165) is 6.29 Å². The smallest absolute Gasteiger partial charge is 0.408 e. The third kappa shape index (κ3) is 8.21. The first-order valence-electron chi connectivity index (χ1n) is 7.37. The zero-order valence-corrected chi connectivity index (χ0v) is 15.7. The molecule has 6 heteroatoms. The molecule has 0 aliphatic rings. The maximum atomic E-state index is 11.6. The van der Waals surface area contributed by atoms with E-state index in [1.807, 2.05) is 0 Å². The van der Waals surface area contributed by atoms with Crippen LogP contribution in [0.2, 0.25) is 18.1 Å². The summed E-state index contributed by atoms with van der Waals surface area (Å²) in [4.78, 5) is 22.7. The predicted octanol–water partition coefficient (Wildman–Crippen LogP) is 3.49. The van der Waals surface area contributed by atoms with Crippen molar-refractivity contribution < 1.29 is 18.8 Å². The molecule has 0 heterocycles. The molecule has 21 heavy (non-hydrogen) atoms. The molecular weight excluding hydrogens is 286 g/mol. The molecule has 0 aromatic rings. The lowest BCUT2D eigenvalue weighted by Crippen LogP contribution is -2.43. The summed E-state index contributed by atoms with van der Waals surface area (Å²) in [5, 5.41) is 2.68. The van der Waals surface area contributed by atoms with Crippen LogP contribution in [0.25, 0.3) is 0 Å². The van der Waals surface area contributed by atoms with Crippen molar-refractivity contribution in [1.29, 1.82) is 0 Å². The summed E-state index contributed by atoms with van der Waals surface area (Å²) in [6.07, 6.45) is 0.598. The molecule has 0 bridgehead atoms. The van der Waals surface area contributed by atoms with Crippen molar-refractivity contribution >= 4 is 20.7 Å². The number of hydrogen-bond acceptors (Lipinski definition) is 4. The van der Waals surface area contributed by atoms with Gasteiger partial charge in [-0.15, -0.1) is 0 Å². The molecule has 0 radical (unpaired) electrons. The number of alkyl carbamates (subject to hydrolysis) is 1. The van der Waals surface area contributed by atoms with Crippen LogP contribution >= 0.6 is 0 Å². The minimum Gasteiger partial charge on any atom is -0.444 e. The van der Waals surface area contributed by atoms with Crippen LogP contribution in [0.5, 0.6) is 0 Å². The highest BCUT2D eigenvalue weighted by Gasteiger charge is 2.37. The molecule has 0 rings (SSSR count). The minimum atomic E-state index is -1.82. The number of carbonyl (C=O) groups excluding carboxylic acids is 2. The first kappa shape index (κ1) is 20.1. The highest BCUT2D eigenvalue weighted by molar-refractivity contribution is 6.74. The summed E-state index contributed by atoms with van der Waals surface area (Å²) in [7, 11) is -1.82. The molecule has 0 saturated heterocycles. The summed E-state index contributed by atoms with van der Waals surface area (Å²) in [5.74, 6) is 0. The normalized spacial score (nSPS) is 14.5. The maximum Gasteiger partial charge on any atom is 0.408 e. The highest BCUT2D eigenvalue weighted by atomic mass is 28.4. The Morgan fingerprint density at radius 3 is 2.10 bits per heavy atom. The van der Waals surface area contributed by atoms with E-state index in [-0.39, 0.29) is 5.04 Å². The number of ether oxygens (including phenoxy) is 1. The number of rotatable bonds is 6. The zero-order chi connectivity index (χ0) is 16.9. The van der Waals surface area contributed by atoms with Gasteiger partial charge in [0.25, 0.3) is 0 Å². The van der Waals surface area contributed by atoms with Gasteiger partial charge in [0.05, 0.1) is 6.04 Å². The van der Waals surface area contributed by atoms with E-state index in [1.54, 1.807) is 20.8 Å². The van der Waals surface area contributed by atoms with Crippen molar-refractivity contribution in [3.05, 3.63) is 0 Å². The Morgan fingerprint density at radius 2 is 1.71 bits per heavy atom. The van der Waals surface area contributed by atoms with E-state index >= 15 is 0 Å². The molecule has 5 nitrogen and oxygen atoms in total. The van der Waals surface area contributed by atoms with Crippen molar-refractivity contribution in [2.24, 2.45) is 0 Å². The van der Waals surface area contributed by atoms with Crippen molar-refractivity contribution in [3.8, 4) is 0 Å². The van der Waals surface area contributed by atoms with E-state index in [2.05, 4.69) is 39.2 Å². The lowest BCUT2D eigenvalue weighted by atomic mass is 10.2.